The molecule has 3 rings (SSSR count). The Morgan fingerprint density at radius 2 is 1.92 bits per heavy atom. The zero-order valence-electron chi connectivity index (χ0n) is 13.5. The summed E-state index contributed by atoms with van der Waals surface area (Å²) in [6.45, 7) is 0. The van der Waals surface area contributed by atoms with E-state index in [-0.39, 0.29) is 18.7 Å². The highest BCUT2D eigenvalue weighted by atomic mass is 16.5. The molecule has 0 saturated heterocycles. The van der Waals surface area contributed by atoms with Crippen LogP contribution in [0.1, 0.15) is 22.6 Å². The average Bonchev–Trinajstić information content (AvgIpc) is 3.02. The van der Waals surface area contributed by atoms with Gasteiger partial charge in [0.25, 0.3) is 5.91 Å². The topological polar surface area (TPSA) is 106 Å². The van der Waals surface area contributed by atoms with Gasteiger partial charge in [0, 0.05) is 18.3 Å². The zero-order chi connectivity index (χ0) is 17.8. The lowest BCUT2D eigenvalue weighted by molar-refractivity contribution is -0.137. The van der Waals surface area contributed by atoms with Gasteiger partial charge in [-0.25, -0.2) is 0 Å². The molecule has 0 fully saturated rings. The molecule has 2 aromatic heterocycles. The number of aromatic nitrogens is 3. The van der Waals surface area contributed by atoms with Crippen molar-refractivity contribution in [3.05, 3.63) is 54.0 Å². The molecule has 8 nitrogen and oxygen atoms in total. The van der Waals surface area contributed by atoms with Crippen molar-refractivity contribution in [1.29, 1.82) is 0 Å². The van der Waals surface area contributed by atoms with Gasteiger partial charge in [0.2, 0.25) is 0 Å². The van der Waals surface area contributed by atoms with Crippen molar-refractivity contribution in [2.75, 3.05) is 12.4 Å². The summed E-state index contributed by atoms with van der Waals surface area (Å²) in [5.41, 5.74) is 1.61. The molecule has 3 aromatic rings. The SMILES string of the molecule is COc1ccc(NC(=O)c2ccc3nnc(CCC(=O)O)n3c2)cc1. The number of carboxylic acid groups (broad SMARTS) is 1. The first kappa shape index (κ1) is 16.4. The summed E-state index contributed by atoms with van der Waals surface area (Å²) in [6.07, 6.45) is 1.79. The number of nitrogens with zero attached hydrogens (tertiary/aromatic N) is 3. The van der Waals surface area contributed by atoms with Crippen LogP contribution in [-0.4, -0.2) is 38.7 Å². The number of carbonyl (C=O) groups excluding carboxylic acids is 1. The van der Waals surface area contributed by atoms with Gasteiger partial charge in [0.1, 0.15) is 11.6 Å². The number of pyridine rings is 1. The smallest absolute Gasteiger partial charge is 0.303 e. The first-order valence-electron chi connectivity index (χ1n) is 7.57. The third kappa shape index (κ3) is 3.74. The second-order valence-corrected chi connectivity index (χ2v) is 5.34. The predicted molar refractivity (Wildman–Crippen MR) is 89.9 cm³/mol. The largest absolute Gasteiger partial charge is 0.497 e. The molecule has 0 bridgehead atoms. The van der Waals surface area contributed by atoms with Crippen LogP contribution in [-0.2, 0) is 11.2 Å². The third-order valence-corrected chi connectivity index (χ3v) is 3.65. The molecule has 1 aromatic carbocycles. The monoisotopic (exact) mass is 340 g/mol. The Balaban J connectivity index is 1.80. The minimum Gasteiger partial charge on any atom is -0.497 e. The number of aryl methyl sites for hydroxylation is 1. The Bertz CT molecular complexity index is 918. The Hall–Kier alpha value is -3.42. The van der Waals surface area contributed by atoms with E-state index in [2.05, 4.69) is 15.5 Å². The fraction of sp³-hybridized carbons (Fsp3) is 0.176. The number of nitrogens with one attached hydrogen (secondary N) is 1. The lowest BCUT2D eigenvalue weighted by Crippen LogP contribution is -2.13. The van der Waals surface area contributed by atoms with Gasteiger partial charge >= 0.3 is 5.97 Å². The molecule has 0 saturated carbocycles. The highest BCUT2D eigenvalue weighted by Crippen LogP contribution is 2.16. The van der Waals surface area contributed by atoms with Gasteiger partial charge < -0.3 is 15.2 Å². The summed E-state index contributed by atoms with van der Waals surface area (Å²) in [5, 5.41) is 19.5. The quantitative estimate of drug-likeness (QED) is 0.711. The fourth-order valence-corrected chi connectivity index (χ4v) is 2.34. The number of methoxy groups -OCH3 is 1. The maximum atomic E-state index is 12.4. The number of amides is 1. The molecule has 0 aliphatic rings. The van der Waals surface area contributed by atoms with E-state index in [0.29, 0.717) is 28.5 Å². The molecular formula is C17H16N4O4. The highest BCUT2D eigenvalue weighted by molar-refractivity contribution is 6.04. The molecule has 2 heterocycles. The molecule has 128 valence electrons. The molecule has 8 heteroatoms. The molecule has 0 aliphatic carbocycles. The number of aliphatic carboxylic acids is 1. The molecule has 25 heavy (non-hydrogen) atoms. The van der Waals surface area contributed by atoms with Crippen molar-refractivity contribution in [2.45, 2.75) is 12.8 Å². The Labute approximate surface area is 143 Å². The van der Waals surface area contributed by atoms with Gasteiger partial charge in [-0.05, 0) is 36.4 Å². The molecule has 1 amide bonds. The number of anilines is 1. The number of carboxylic acids is 1. The minimum absolute atomic E-state index is 0.0525. The highest BCUT2D eigenvalue weighted by Gasteiger charge is 2.12. The van der Waals surface area contributed by atoms with Crippen molar-refractivity contribution in [3.8, 4) is 5.75 Å². The summed E-state index contributed by atoms with van der Waals surface area (Å²) < 4.78 is 6.71. The molecule has 0 atom stereocenters. The van der Waals surface area contributed by atoms with Crippen molar-refractivity contribution in [3.63, 3.8) is 0 Å². The van der Waals surface area contributed by atoms with Crippen LogP contribution in [0.5, 0.6) is 5.75 Å². The van der Waals surface area contributed by atoms with Gasteiger partial charge in [0.05, 0.1) is 19.1 Å². The molecular weight excluding hydrogens is 324 g/mol. The average molecular weight is 340 g/mol. The van der Waals surface area contributed by atoms with Crippen molar-refractivity contribution in [2.24, 2.45) is 0 Å². The Kier molecular flexibility index (Phi) is 4.60. The standard InChI is InChI=1S/C17H16N4O4/c1-25-13-5-3-12(4-6-13)18-17(24)11-2-7-14-19-20-15(21(14)10-11)8-9-16(22)23/h2-7,10H,8-9H2,1H3,(H,18,24)(H,22,23). The number of hydrogen-bond acceptors (Lipinski definition) is 5. The van der Waals surface area contributed by atoms with Crippen LogP contribution >= 0.6 is 0 Å². The zero-order valence-corrected chi connectivity index (χ0v) is 13.5. The lowest BCUT2D eigenvalue weighted by Gasteiger charge is -2.07. The number of fused-ring (bicyclic) bond motifs is 1. The van der Waals surface area contributed by atoms with E-state index < -0.39 is 5.97 Å². The second-order valence-electron chi connectivity index (χ2n) is 5.34. The van der Waals surface area contributed by atoms with E-state index in [9.17, 15) is 9.59 Å². The second kappa shape index (κ2) is 7.00. The van der Waals surface area contributed by atoms with Crippen molar-refractivity contribution >= 4 is 23.2 Å². The van der Waals surface area contributed by atoms with Crippen LogP contribution < -0.4 is 10.1 Å². The Morgan fingerprint density at radius 1 is 1.16 bits per heavy atom. The maximum absolute atomic E-state index is 12.4. The van der Waals surface area contributed by atoms with E-state index in [1.54, 1.807) is 54.1 Å². The van der Waals surface area contributed by atoms with E-state index in [0.717, 1.165) is 0 Å². The van der Waals surface area contributed by atoms with Gasteiger partial charge in [-0.15, -0.1) is 10.2 Å². The third-order valence-electron chi connectivity index (χ3n) is 3.65. The first-order chi connectivity index (χ1) is 12.1. The summed E-state index contributed by atoms with van der Waals surface area (Å²) in [5.74, 6) is -0.00131. The molecule has 0 aliphatic heterocycles. The van der Waals surface area contributed by atoms with Crippen molar-refractivity contribution < 1.29 is 19.4 Å². The van der Waals surface area contributed by atoms with Crippen LogP contribution in [0.15, 0.2) is 42.6 Å². The number of benzene rings is 1. The van der Waals surface area contributed by atoms with E-state index >= 15 is 0 Å². The van der Waals surface area contributed by atoms with E-state index in [1.165, 1.54) is 0 Å². The number of ether oxygens (including phenoxy) is 1. The summed E-state index contributed by atoms with van der Waals surface area (Å²) in [6, 6.07) is 10.3. The van der Waals surface area contributed by atoms with Gasteiger partial charge in [-0.1, -0.05) is 0 Å². The normalized spacial score (nSPS) is 10.6. The number of hydrogen-bond donors (Lipinski definition) is 2. The van der Waals surface area contributed by atoms with Crippen LogP contribution in [0.25, 0.3) is 5.65 Å². The van der Waals surface area contributed by atoms with Crippen LogP contribution in [0.2, 0.25) is 0 Å². The maximum Gasteiger partial charge on any atom is 0.303 e. The summed E-state index contributed by atoms with van der Waals surface area (Å²) in [7, 11) is 1.57. The minimum atomic E-state index is -0.912. The van der Waals surface area contributed by atoms with Gasteiger partial charge in [-0.3, -0.25) is 14.0 Å². The van der Waals surface area contributed by atoms with E-state index in [4.69, 9.17) is 9.84 Å². The molecule has 0 unspecified atom stereocenters. The van der Waals surface area contributed by atoms with Crippen LogP contribution in [0, 0.1) is 0 Å². The fourth-order valence-electron chi connectivity index (χ4n) is 2.34. The van der Waals surface area contributed by atoms with Crippen LogP contribution in [0.4, 0.5) is 5.69 Å². The summed E-state index contributed by atoms with van der Waals surface area (Å²) >= 11 is 0. The molecule has 0 radical (unpaired) electrons. The Morgan fingerprint density at radius 3 is 2.60 bits per heavy atom. The van der Waals surface area contributed by atoms with E-state index in [1.807, 2.05) is 0 Å². The predicted octanol–water partition coefficient (Wildman–Crippen LogP) is 2.01. The molecule has 2 N–H and O–H groups in total. The number of rotatable bonds is 6. The first-order valence-corrected chi connectivity index (χ1v) is 7.57. The van der Waals surface area contributed by atoms with Crippen LogP contribution in [0.3, 0.4) is 0 Å². The van der Waals surface area contributed by atoms with Gasteiger partial charge in [-0.2, -0.15) is 0 Å². The van der Waals surface area contributed by atoms with Gasteiger partial charge in [0.15, 0.2) is 5.65 Å². The lowest BCUT2D eigenvalue weighted by atomic mass is 10.2. The van der Waals surface area contributed by atoms with Crippen molar-refractivity contribution in [1.82, 2.24) is 14.6 Å². The molecule has 0 spiro atoms. The number of carbonyl (C=O) groups is 2. The summed E-state index contributed by atoms with van der Waals surface area (Å²) in [4.78, 5) is 23.1.